The average molecular weight is 1060 g/mol. The predicted octanol–water partition coefficient (Wildman–Crippen LogP) is 13.2. The van der Waals surface area contributed by atoms with E-state index in [1.807, 2.05) is 110 Å². The number of carbonyl (C=O) groups excluding carboxylic acids is 1. The van der Waals surface area contributed by atoms with Crippen molar-refractivity contribution in [3.05, 3.63) is 170 Å². The van der Waals surface area contributed by atoms with Crippen molar-refractivity contribution < 1.29 is 28.9 Å². The molecule has 6 aromatic carbocycles. The van der Waals surface area contributed by atoms with E-state index in [1.165, 1.54) is 45.6 Å². The Morgan fingerprint density at radius 3 is 1.32 bits per heavy atom. The molecular formula is C65H66N8O6. The SMILES string of the molecule is CC(C)(CN1CCCCC1)Oc1ccc(-c2cnc3c(-c4cccc5c(C(=O)O)cccc45)cnn3c2)cc1.COC(=O)c1cccc2c(-c3cnn4cc(-c5ccc(OC(C)(C)CN6CCCCC6)cc5)cnc34)cccc12. The van der Waals surface area contributed by atoms with Crippen LogP contribution in [-0.2, 0) is 4.74 Å². The molecule has 0 radical (unpaired) electrons. The highest BCUT2D eigenvalue weighted by Gasteiger charge is 2.27. The molecule has 0 spiro atoms. The minimum absolute atomic E-state index is 0.260. The average Bonchev–Trinajstić information content (AvgIpc) is 4.17. The largest absolute Gasteiger partial charge is 0.487 e. The molecular weight excluding hydrogens is 989 g/mol. The third-order valence-electron chi connectivity index (χ3n) is 15.0. The van der Waals surface area contributed by atoms with E-state index in [4.69, 9.17) is 24.2 Å². The first-order valence-electron chi connectivity index (χ1n) is 27.4. The van der Waals surface area contributed by atoms with Crippen LogP contribution < -0.4 is 9.47 Å². The van der Waals surface area contributed by atoms with Gasteiger partial charge < -0.3 is 19.3 Å². The number of ether oxygens (including phenoxy) is 3. The van der Waals surface area contributed by atoms with Crippen LogP contribution >= 0.6 is 0 Å². The van der Waals surface area contributed by atoms with E-state index in [0.717, 1.165) is 117 Å². The number of piperidine rings is 2. The minimum atomic E-state index is -0.942. The quantitative estimate of drug-likeness (QED) is 0.103. The van der Waals surface area contributed by atoms with E-state index in [0.29, 0.717) is 16.6 Å². The number of methoxy groups -OCH3 is 1. The number of carbonyl (C=O) groups is 2. The molecule has 10 aromatic rings. The molecule has 0 unspecified atom stereocenters. The van der Waals surface area contributed by atoms with Crippen LogP contribution in [0.15, 0.2) is 159 Å². The highest BCUT2D eigenvalue weighted by atomic mass is 16.5. The van der Waals surface area contributed by atoms with Gasteiger partial charge >= 0.3 is 11.9 Å². The molecule has 0 atom stereocenters. The standard InChI is InChI=1S/C33H34N4O3.C32H32N4O3/c1-33(2,22-36-17-5-4-6-18-36)40-25-15-13-23(14-16-25)24-19-34-31-30(20-35-37(31)21-24)28-11-7-10-27-26(28)9-8-12-29(27)32(38)39-3;1-32(2,21-35-16-4-3-5-17-35)39-24-14-12-22(13-15-24)23-18-33-30-29(19-34-36(30)20-23)27-10-6-9-26-25(27)8-7-11-28(26)31(37)38/h7-16,19-21H,4-6,17-18,22H2,1-3H3;6-15,18-20H,3-5,16-17,21H2,1-2H3,(H,37,38). The number of likely N-dealkylation sites (tertiary alicyclic amines) is 2. The number of carboxylic acid groups (broad SMARTS) is 1. The van der Waals surface area contributed by atoms with Crippen LogP contribution in [0.3, 0.4) is 0 Å². The van der Waals surface area contributed by atoms with Crippen LogP contribution in [-0.4, -0.2) is 114 Å². The molecule has 0 saturated carbocycles. The number of fused-ring (bicyclic) bond motifs is 4. The molecule has 0 bridgehead atoms. The van der Waals surface area contributed by atoms with Gasteiger partial charge in [-0.05, 0) is 160 Å². The molecule has 12 rings (SSSR count). The van der Waals surface area contributed by atoms with Gasteiger partial charge in [0.15, 0.2) is 11.3 Å². The first-order valence-corrected chi connectivity index (χ1v) is 27.4. The summed E-state index contributed by atoms with van der Waals surface area (Å²) in [6, 6.07) is 38.9. The van der Waals surface area contributed by atoms with Crippen molar-refractivity contribution in [1.29, 1.82) is 0 Å². The summed E-state index contributed by atoms with van der Waals surface area (Å²) >= 11 is 0. The van der Waals surface area contributed by atoms with E-state index in [-0.39, 0.29) is 22.7 Å². The minimum Gasteiger partial charge on any atom is -0.487 e. The van der Waals surface area contributed by atoms with Gasteiger partial charge in [0.1, 0.15) is 22.7 Å². The van der Waals surface area contributed by atoms with Crippen LogP contribution in [0.1, 0.15) is 86.9 Å². The number of esters is 1. The lowest BCUT2D eigenvalue weighted by Crippen LogP contribution is -2.44. The Bertz CT molecular complexity index is 3820. The Morgan fingerprint density at radius 2 is 0.886 bits per heavy atom. The number of nitrogens with zero attached hydrogens (tertiary/aromatic N) is 8. The van der Waals surface area contributed by atoms with Crippen molar-refractivity contribution in [2.45, 2.75) is 77.4 Å². The zero-order valence-electron chi connectivity index (χ0n) is 45.6. The molecule has 14 nitrogen and oxygen atoms in total. The Hall–Kier alpha value is -8.46. The molecule has 2 aliphatic heterocycles. The zero-order chi connectivity index (χ0) is 54.7. The second-order valence-electron chi connectivity index (χ2n) is 22.0. The molecule has 14 heteroatoms. The van der Waals surface area contributed by atoms with E-state index >= 15 is 0 Å². The van der Waals surface area contributed by atoms with Crippen molar-refractivity contribution in [1.82, 2.24) is 39.0 Å². The maximum atomic E-state index is 12.3. The van der Waals surface area contributed by atoms with Crippen LogP contribution in [0, 0.1) is 0 Å². The fourth-order valence-corrected chi connectivity index (χ4v) is 11.4. The summed E-state index contributed by atoms with van der Waals surface area (Å²) in [5, 5.41) is 22.1. The summed E-state index contributed by atoms with van der Waals surface area (Å²) in [6.45, 7) is 15.1. The molecule has 0 amide bonds. The first-order chi connectivity index (χ1) is 38.3. The number of aromatic carboxylic acids is 1. The summed E-state index contributed by atoms with van der Waals surface area (Å²) in [5.41, 5.74) is 9.36. The van der Waals surface area contributed by atoms with Crippen molar-refractivity contribution in [3.8, 4) is 56.0 Å². The maximum absolute atomic E-state index is 12.3. The lowest BCUT2D eigenvalue weighted by atomic mass is 9.97. The van der Waals surface area contributed by atoms with Gasteiger partial charge in [-0.15, -0.1) is 0 Å². The van der Waals surface area contributed by atoms with E-state index in [1.54, 1.807) is 33.4 Å². The second kappa shape index (κ2) is 22.5. The number of aromatic nitrogens is 6. The van der Waals surface area contributed by atoms with Gasteiger partial charge in [0.25, 0.3) is 0 Å². The summed E-state index contributed by atoms with van der Waals surface area (Å²) in [5.74, 6) is 0.422. The highest BCUT2D eigenvalue weighted by Crippen LogP contribution is 2.36. The lowest BCUT2D eigenvalue weighted by molar-refractivity contribution is 0.0517. The van der Waals surface area contributed by atoms with Crippen LogP contribution in [0.2, 0.25) is 0 Å². The first kappa shape index (κ1) is 52.6. The van der Waals surface area contributed by atoms with Gasteiger partial charge in [0, 0.05) is 60.1 Å². The zero-order valence-corrected chi connectivity index (χ0v) is 45.6. The molecule has 79 heavy (non-hydrogen) atoms. The molecule has 402 valence electrons. The number of benzene rings is 6. The Kier molecular flexibility index (Phi) is 15.0. The topological polar surface area (TPSA) is 149 Å². The fraction of sp³-hybridized carbons (Fsp3) is 0.292. The summed E-state index contributed by atoms with van der Waals surface area (Å²) in [7, 11) is 1.40. The number of rotatable bonds is 14. The monoisotopic (exact) mass is 1050 g/mol. The Morgan fingerprint density at radius 1 is 0.481 bits per heavy atom. The third kappa shape index (κ3) is 11.6. The molecule has 2 saturated heterocycles. The van der Waals surface area contributed by atoms with Crippen LogP contribution in [0.25, 0.3) is 77.3 Å². The van der Waals surface area contributed by atoms with Crippen molar-refractivity contribution in [2.24, 2.45) is 0 Å². The normalized spacial score (nSPS) is 14.5. The van der Waals surface area contributed by atoms with Gasteiger partial charge in [-0.25, -0.2) is 28.6 Å². The Labute approximate surface area is 460 Å². The van der Waals surface area contributed by atoms with Crippen LogP contribution in [0.4, 0.5) is 0 Å². The van der Waals surface area contributed by atoms with Gasteiger partial charge in [-0.1, -0.05) is 97.8 Å². The molecule has 0 aliphatic carbocycles. The molecule has 2 aliphatic rings. The molecule has 1 N–H and O–H groups in total. The molecule has 2 fully saturated rings. The van der Waals surface area contributed by atoms with Gasteiger partial charge in [0.05, 0.1) is 30.6 Å². The molecule has 6 heterocycles. The third-order valence-corrected chi connectivity index (χ3v) is 15.0. The lowest BCUT2D eigenvalue weighted by Gasteiger charge is -2.35. The fourth-order valence-electron chi connectivity index (χ4n) is 11.4. The smallest absolute Gasteiger partial charge is 0.338 e. The maximum Gasteiger partial charge on any atom is 0.338 e. The Balaban J connectivity index is 0.000000167. The van der Waals surface area contributed by atoms with Gasteiger partial charge in [0.2, 0.25) is 0 Å². The second-order valence-corrected chi connectivity index (χ2v) is 22.0. The number of hydrogen-bond acceptors (Lipinski definition) is 11. The van der Waals surface area contributed by atoms with Crippen molar-refractivity contribution >= 4 is 44.8 Å². The van der Waals surface area contributed by atoms with Gasteiger partial charge in [-0.2, -0.15) is 10.2 Å². The predicted molar refractivity (Wildman–Crippen MR) is 311 cm³/mol. The summed E-state index contributed by atoms with van der Waals surface area (Å²) in [6.07, 6.45) is 19.1. The summed E-state index contributed by atoms with van der Waals surface area (Å²) in [4.78, 5) is 38.6. The highest BCUT2D eigenvalue weighted by molar-refractivity contribution is 6.10. The van der Waals surface area contributed by atoms with E-state index in [2.05, 4.69) is 72.0 Å². The molecule has 4 aromatic heterocycles. The van der Waals surface area contributed by atoms with E-state index < -0.39 is 5.97 Å². The number of carboxylic acids is 1. The van der Waals surface area contributed by atoms with E-state index in [9.17, 15) is 14.7 Å². The van der Waals surface area contributed by atoms with Crippen molar-refractivity contribution in [2.75, 3.05) is 46.4 Å². The van der Waals surface area contributed by atoms with Gasteiger partial charge in [-0.3, -0.25) is 9.80 Å². The van der Waals surface area contributed by atoms with Crippen LogP contribution in [0.5, 0.6) is 11.5 Å². The number of hydrogen-bond donors (Lipinski definition) is 1. The van der Waals surface area contributed by atoms with Crippen molar-refractivity contribution in [3.63, 3.8) is 0 Å². The summed E-state index contributed by atoms with van der Waals surface area (Å²) < 4.78 is 21.3.